The van der Waals surface area contributed by atoms with Gasteiger partial charge in [0, 0.05) is 35.0 Å². The number of para-hydroxylation sites is 1. The topological polar surface area (TPSA) is 46.0 Å². The molecule has 0 aliphatic carbocycles. The van der Waals surface area contributed by atoms with Crippen LogP contribution >= 0.6 is 0 Å². The zero-order valence-corrected chi connectivity index (χ0v) is 11.3. The molecule has 3 rings (SSSR count). The van der Waals surface area contributed by atoms with Crippen LogP contribution in [0.25, 0.3) is 10.9 Å². The second-order valence-electron chi connectivity index (χ2n) is 4.89. The van der Waals surface area contributed by atoms with Gasteiger partial charge < -0.3 is 5.11 Å². The van der Waals surface area contributed by atoms with Crippen LogP contribution in [0.3, 0.4) is 0 Å². The average Bonchev–Trinajstić information content (AvgIpc) is 2.47. The van der Waals surface area contributed by atoms with Crippen LogP contribution in [0, 0.1) is 6.92 Å². The zero-order valence-electron chi connectivity index (χ0n) is 11.3. The minimum absolute atomic E-state index is 0.497. The molecular formula is C17H16N2O. The van der Waals surface area contributed by atoms with Crippen molar-refractivity contribution in [3.8, 4) is 0 Å². The van der Waals surface area contributed by atoms with Crippen LogP contribution in [0.5, 0.6) is 0 Å². The first-order valence-electron chi connectivity index (χ1n) is 6.68. The van der Waals surface area contributed by atoms with Crippen LogP contribution in [-0.2, 0) is 6.42 Å². The Balaban J connectivity index is 1.87. The Labute approximate surface area is 117 Å². The standard InChI is InChI=1S/C17H16N2O/c1-12-15(6-4-10-18-12)17(20)11-14-9-8-13-5-2-3-7-16(13)19-14/h2-10,17,20H,11H2,1H3. The normalized spacial score (nSPS) is 12.5. The number of hydrogen-bond donors (Lipinski definition) is 1. The van der Waals surface area contributed by atoms with Gasteiger partial charge in [0.25, 0.3) is 0 Å². The van der Waals surface area contributed by atoms with E-state index in [2.05, 4.69) is 9.97 Å². The minimum Gasteiger partial charge on any atom is -0.388 e. The van der Waals surface area contributed by atoms with Crippen molar-refractivity contribution >= 4 is 10.9 Å². The first-order valence-corrected chi connectivity index (χ1v) is 6.68. The second kappa shape index (κ2) is 5.39. The molecule has 1 unspecified atom stereocenters. The molecule has 2 heterocycles. The highest BCUT2D eigenvalue weighted by atomic mass is 16.3. The molecule has 100 valence electrons. The smallest absolute Gasteiger partial charge is 0.0862 e. The lowest BCUT2D eigenvalue weighted by Gasteiger charge is -2.12. The van der Waals surface area contributed by atoms with E-state index < -0.39 is 6.10 Å². The van der Waals surface area contributed by atoms with E-state index in [1.165, 1.54) is 0 Å². The summed E-state index contributed by atoms with van der Waals surface area (Å²) in [5.74, 6) is 0. The Kier molecular flexibility index (Phi) is 3.44. The quantitative estimate of drug-likeness (QED) is 0.790. The van der Waals surface area contributed by atoms with E-state index in [1.807, 2.05) is 55.5 Å². The number of aryl methyl sites for hydroxylation is 1. The Bertz CT molecular complexity index is 740. The molecule has 0 fully saturated rings. The molecule has 0 radical (unpaired) electrons. The summed E-state index contributed by atoms with van der Waals surface area (Å²) in [6, 6.07) is 15.8. The molecule has 3 nitrogen and oxygen atoms in total. The average molecular weight is 264 g/mol. The first-order chi connectivity index (χ1) is 9.74. The first kappa shape index (κ1) is 12.8. The number of pyridine rings is 2. The lowest BCUT2D eigenvalue weighted by Crippen LogP contribution is -2.06. The summed E-state index contributed by atoms with van der Waals surface area (Å²) >= 11 is 0. The molecule has 3 aromatic rings. The summed E-state index contributed by atoms with van der Waals surface area (Å²) < 4.78 is 0. The molecule has 1 aromatic carbocycles. The predicted octanol–water partition coefficient (Wildman–Crippen LogP) is 3.21. The van der Waals surface area contributed by atoms with Crippen LogP contribution in [-0.4, -0.2) is 15.1 Å². The van der Waals surface area contributed by atoms with E-state index in [1.54, 1.807) is 6.20 Å². The number of aromatic nitrogens is 2. The molecule has 0 spiro atoms. The van der Waals surface area contributed by atoms with Gasteiger partial charge in [-0.3, -0.25) is 9.97 Å². The van der Waals surface area contributed by atoms with Crippen LogP contribution in [0.4, 0.5) is 0 Å². The molecule has 0 aliphatic rings. The third-order valence-electron chi connectivity index (χ3n) is 3.47. The summed E-state index contributed by atoms with van der Waals surface area (Å²) in [7, 11) is 0. The number of benzene rings is 1. The van der Waals surface area contributed by atoms with Gasteiger partial charge in [-0.15, -0.1) is 0 Å². The Morgan fingerprint density at radius 1 is 1.05 bits per heavy atom. The maximum absolute atomic E-state index is 10.3. The molecule has 3 heteroatoms. The van der Waals surface area contributed by atoms with Crippen molar-refractivity contribution in [1.82, 2.24) is 9.97 Å². The number of fused-ring (bicyclic) bond motifs is 1. The van der Waals surface area contributed by atoms with Gasteiger partial charge >= 0.3 is 0 Å². The second-order valence-corrected chi connectivity index (χ2v) is 4.89. The molecule has 0 bridgehead atoms. The number of aliphatic hydroxyl groups is 1. The molecule has 20 heavy (non-hydrogen) atoms. The van der Waals surface area contributed by atoms with Gasteiger partial charge in [0.05, 0.1) is 11.6 Å². The van der Waals surface area contributed by atoms with E-state index in [0.717, 1.165) is 27.9 Å². The highest BCUT2D eigenvalue weighted by molar-refractivity contribution is 5.78. The molecule has 0 saturated heterocycles. The number of aliphatic hydroxyl groups excluding tert-OH is 1. The van der Waals surface area contributed by atoms with Gasteiger partial charge in [0.2, 0.25) is 0 Å². The Hall–Kier alpha value is -2.26. The van der Waals surface area contributed by atoms with Gasteiger partial charge in [-0.1, -0.05) is 30.3 Å². The number of rotatable bonds is 3. The van der Waals surface area contributed by atoms with E-state index in [4.69, 9.17) is 0 Å². The van der Waals surface area contributed by atoms with E-state index in [9.17, 15) is 5.11 Å². The third kappa shape index (κ3) is 2.53. The van der Waals surface area contributed by atoms with Crippen molar-refractivity contribution in [1.29, 1.82) is 0 Å². The summed E-state index contributed by atoms with van der Waals surface area (Å²) in [6.45, 7) is 1.91. The van der Waals surface area contributed by atoms with Crippen molar-refractivity contribution in [2.45, 2.75) is 19.4 Å². The SMILES string of the molecule is Cc1ncccc1C(O)Cc1ccc2ccccc2n1. The van der Waals surface area contributed by atoms with Crippen LogP contribution in [0.15, 0.2) is 54.7 Å². The van der Waals surface area contributed by atoms with Gasteiger partial charge in [-0.25, -0.2) is 0 Å². The van der Waals surface area contributed by atoms with Crippen molar-refractivity contribution in [3.05, 3.63) is 71.7 Å². The maximum atomic E-state index is 10.3. The summed E-state index contributed by atoms with van der Waals surface area (Å²) in [5, 5.41) is 11.5. The van der Waals surface area contributed by atoms with Gasteiger partial charge in [-0.05, 0) is 25.1 Å². The molecule has 1 N–H and O–H groups in total. The zero-order chi connectivity index (χ0) is 13.9. The van der Waals surface area contributed by atoms with E-state index in [-0.39, 0.29) is 0 Å². The fourth-order valence-corrected chi connectivity index (χ4v) is 2.38. The van der Waals surface area contributed by atoms with Crippen molar-refractivity contribution in [3.63, 3.8) is 0 Å². The minimum atomic E-state index is -0.572. The van der Waals surface area contributed by atoms with Crippen LogP contribution in [0.2, 0.25) is 0 Å². The third-order valence-corrected chi connectivity index (χ3v) is 3.47. The molecular weight excluding hydrogens is 248 g/mol. The maximum Gasteiger partial charge on any atom is 0.0862 e. The van der Waals surface area contributed by atoms with Crippen molar-refractivity contribution < 1.29 is 5.11 Å². The summed E-state index contributed by atoms with van der Waals surface area (Å²) in [6.07, 6.45) is 1.66. The molecule has 1 atom stereocenters. The van der Waals surface area contributed by atoms with E-state index in [0.29, 0.717) is 6.42 Å². The molecule has 2 aromatic heterocycles. The monoisotopic (exact) mass is 264 g/mol. The Morgan fingerprint density at radius 2 is 1.90 bits per heavy atom. The largest absolute Gasteiger partial charge is 0.388 e. The lowest BCUT2D eigenvalue weighted by atomic mass is 10.0. The predicted molar refractivity (Wildman–Crippen MR) is 79.4 cm³/mol. The Morgan fingerprint density at radius 3 is 2.75 bits per heavy atom. The van der Waals surface area contributed by atoms with Gasteiger partial charge in [0.1, 0.15) is 0 Å². The highest BCUT2D eigenvalue weighted by Crippen LogP contribution is 2.20. The summed E-state index contributed by atoms with van der Waals surface area (Å²) in [5.41, 5.74) is 3.57. The van der Waals surface area contributed by atoms with Gasteiger partial charge in [0.15, 0.2) is 0 Å². The van der Waals surface area contributed by atoms with E-state index >= 15 is 0 Å². The van der Waals surface area contributed by atoms with Crippen LogP contribution < -0.4 is 0 Å². The van der Waals surface area contributed by atoms with Crippen molar-refractivity contribution in [2.75, 3.05) is 0 Å². The fourth-order valence-electron chi connectivity index (χ4n) is 2.38. The number of nitrogens with zero attached hydrogens (tertiary/aromatic N) is 2. The fraction of sp³-hybridized carbons (Fsp3) is 0.176. The molecule has 0 amide bonds. The highest BCUT2D eigenvalue weighted by Gasteiger charge is 2.12. The molecule has 0 aliphatic heterocycles. The van der Waals surface area contributed by atoms with Crippen LogP contribution in [0.1, 0.15) is 23.1 Å². The van der Waals surface area contributed by atoms with Gasteiger partial charge in [-0.2, -0.15) is 0 Å². The molecule has 0 saturated carbocycles. The summed E-state index contributed by atoms with van der Waals surface area (Å²) in [4.78, 5) is 8.80. The lowest BCUT2D eigenvalue weighted by molar-refractivity contribution is 0.176. The number of hydrogen-bond acceptors (Lipinski definition) is 3. The van der Waals surface area contributed by atoms with Crippen molar-refractivity contribution in [2.24, 2.45) is 0 Å².